The van der Waals surface area contributed by atoms with E-state index in [4.69, 9.17) is 4.74 Å². The molecule has 11 heteroatoms. The van der Waals surface area contributed by atoms with E-state index in [-0.39, 0.29) is 37.8 Å². The molecule has 0 radical (unpaired) electrons. The van der Waals surface area contributed by atoms with Crippen LogP contribution in [0.3, 0.4) is 0 Å². The minimum absolute atomic E-state index is 0.0591. The molecular weight excluding hydrogens is 431 g/mol. The van der Waals surface area contributed by atoms with Gasteiger partial charge in [0.05, 0.1) is 5.56 Å². The van der Waals surface area contributed by atoms with Crippen molar-refractivity contribution < 1.29 is 37.4 Å². The van der Waals surface area contributed by atoms with Crippen LogP contribution in [0.25, 0.3) is 0 Å². The van der Waals surface area contributed by atoms with Crippen LogP contribution in [-0.4, -0.2) is 59.2 Å². The first-order valence-electron chi connectivity index (χ1n) is 10.5. The molecule has 1 aliphatic carbocycles. The minimum atomic E-state index is -4.44. The first-order valence-corrected chi connectivity index (χ1v) is 10.5. The van der Waals surface area contributed by atoms with Gasteiger partial charge in [-0.2, -0.15) is 13.2 Å². The summed E-state index contributed by atoms with van der Waals surface area (Å²) in [6.45, 7) is -0.443. The summed E-state index contributed by atoms with van der Waals surface area (Å²) in [4.78, 5) is 38.0. The number of carbonyl (C=O) groups is 3. The van der Waals surface area contributed by atoms with Crippen molar-refractivity contribution in [3.05, 3.63) is 29.8 Å². The third-order valence-electron chi connectivity index (χ3n) is 5.67. The summed E-state index contributed by atoms with van der Waals surface area (Å²) in [7, 11) is 0. The van der Waals surface area contributed by atoms with Gasteiger partial charge in [0.25, 0.3) is 5.91 Å². The largest absolute Gasteiger partial charge is 0.491 e. The molecule has 0 bridgehead atoms. The Morgan fingerprint density at radius 2 is 1.84 bits per heavy atom. The predicted molar refractivity (Wildman–Crippen MR) is 107 cm³/mol. The number of carbonyl (C=O) groups excluding carboxylic acids is 3. The van der Waals surface area contributed by atoms with Gasteiger partial charge in [-0.3, -0.25) is 14.5 Å². The quantitative estimate of drug-likeness (QED) is 0.519. The third-order valence-corrected chi connectivity index (χ3v) is 5.67. The number of benzene rings is 1. The van der Waals surface area contributed by atoms with E-state index >= 15 is 0 Å². The van der Waals surface area contributed by atoms with Crippen LogP contribution in [0.15, 0.2) is 24.3 Å². The first-order chi connectivity index (χ1) is 15.1. The molecule has 176 valence electrons. The molecule has 32 heavy (non-hydrogen) atoms. The zero-order valence-corrected chi connectivity index (χ0v) is 17.4. The zero-order chi connectivity index (χ0) is 23.4. The van der Waals surface area contributed by atoms with Crippen molar-refractivity contribution in [2.75, 3.05) is 19.7 Å². The number of urea groups is 1. The summed E-state index contributed by atoms with van der Waals surface area (Å²) in [5.74, 6) is -0.595. The van der Waals surface area contributed by atoms with Crippen LogP contribution < -0.4 is 15.4 Å². The summed E-state index contributed by atoms with van der Waals surface area (Å²) < 4.78 is 42.9. The topological polar surface area (TPSA) is 108 Å². The van der Waals surface area contributed by atoms with E-state index in [1.54, 1.807) is 0 Å². The minimum Gasteiger partial charge on any atom is -0.491 e. The van der Waals surface area contributed by atoms with Crippen molar-refractivity contribution in [3.63, 3.8) is 0 Å². The number of ether oxygens (including phenoxy) is 1. The lowest BCUT2D eigenvalue weighted by molar-refractivity contribution is -0.137. The average molecular weight is 457 g/mol. The molecule has 1 aromatic carbocycles. The Labute approximate surface area is 183 Å². The Bertz CT molecular complexity index is 838. The average Bonchev–Trinajstić information content (AvgIpc) is 2.98. The van der Waals surface area contributed by atoms with Crippen LogP contribution in [0.4, 0.5) is 18.0 Å². The van der Waals surface area contributed by atoms with E-state index in [0.29, 0.717) is 12.8 Å². The van der Waals surface area contributed by atoms with E-state index in [1.807, 2.05) is 0 Å². The SMILES string of the molecule is O=C(CCN1C(=O)NC2(CCCCC2)C1=O)NCC(O)COc1ccc(C(F)(F)F)cc1. The molecule has 1 saturated heterocycles. The number of halogens is 3. The number of hydrogen-bond donors (Lipinski definition) is 3. The highest BCUT2D eigenvalue weighted by Gasteiger charge is 2.51. The van der Waals surface area contributed by atoms with E-state index in [1.165, 1.54) is 0 Å². The lowest BCUT2D eigenvalue weighted by Gasteiger charge is -2.30. The molecule has 4 amide bonds. The van der Waals surface area contributed by atoms with Crippen molar-refractivity contribution in [1.82, 2.24) is 15.5 Å². The maximum absolute atomic E-state index is 12.7. The second kappa shape index (κ2) is 9.76. The fourth-order valence-corrected chi connectivity index (χ4v) is 3.90. The normalized spacial score (nSPS) is 19.1. The molecule has 8 nitrogen and oxygen atoms in total. The number of hydrogen-bond acceptors (Lipinski definition) is 5. The van der Waals surface area contributed by atoms with Crippen LogP contribution >= 0.6 is 0 Å². The Balaban J connectivity index is 1.37. The van der Waals surface area contributed by atoms with E-state index < -0.39 is 35.3 Å². The van der Waals surface area contributed by atoms with Crippen molar-refractivity contribution in [2.24, 2.45) is 0 Å². The summed E-state index contributed by atoms with van der Waals surface area (Å²) >= 11 is 0. The van der Waals surface area contributed by atoms with Crippen LogP contribution in [-0.2, 0) is 15.8 Å². The number of nitrogens with one attached hydrogen (secondary N) is 2. The highest BCUT2D eigenvalue weighted by Crippen LogP contribution is 2.33. The van der Waals surface area contributed by atoms with Gasteiger partial charge in [0.15, 0.2) is 0 Å². The smallest absolute Gasteiger partial charge is 0.416 e. The highest BCUT2D eigenvalue weighted by molar-refractivity contribution is 6.07. The van der Waals surface area contributed by atoms with Gasteiger partial charge in [-0.1, -0.05) is 19.3 Å². The summed E-state index contributed by atoms with van der Waals surface area (Å²) in [6.07, 6.45) is -1.68. The fraction of sp³-hybridized carbons (Fsp3) is 0.571. The van der Waals surface area contributed by atoms with Crippen molar-refractivity contribution in [1.29, 1.82) is 0 Å². The number of aliphatic hydroxyl groups excluding tert-OH is 1. The second-order valence-corrected chi connectivity index (χ2v) is 8.07. The molecule has 1 atom stereocenters. The predicted octanol–water partition coefficient (Wildman–Crippen LogP) is 2.21. The Morgan fingerprint density at radius 1 is 1.19 bits per heavy atom. The van der Waals surface area contributed by atoms with Gasteiger partial charge < -0.3 is 20.5 Å². The first kappa shape index (κ1) is 23.8. The molecule has 0 aromatic heterocycles. The summed E-state index contributed by atoms with van der Waals surface area (Å²) in [6, 6.07) is 3.54. The molecule has 3 N–H and O–H groups in total. The summed E-state index contributed by atoms with van der Waals surface area (Å²) in [5.41, 5.74) is -1.64. The lowest BCUT2D eigenvalue weighted by Crippen LogP contribution is -2.48. The standard InChI is InChI=1S/C21H26F3N3O5/c22-21(23,24)14-4-6-16(7-5-14)32-13-15(28)12-25-17(29)8-11-27-18(30)20(26-19(27)31)9-2-1-3-10-20/h4-7,15,28H,1-3,8-13H2,(H,25,29)(H,26,31). The number of alkyl halides is 3. The van der Waals surface area contributed by atoms with Gasteiger partial charge in [0.2, 0.25) is 5.91 Å². The fourth-order valence-electron chi connectivity index (χ4n) is 3.90. The number of amides is 4. The van der Waals surface area contributed by atoms with Gasteiger partial charge in [-0.05, 0) is 37.1 Å². The summed E-state index contributed by atoms with van der Waals surface area (Å²) in [5, 5.41) is 15.2. The lowest BCUT2D eigenvalue weighted by atomic mass is 9.82. The molecule has 2 fully saturated rings. The van der Waals surface area contributed by atoms with E-state index in [0.717, 1.165) is 48.4 Å². The molecule has 1 aromatic rings. The maximum atomic E-state index is 12.7. The van der Waals surface area contributed by atoms with E-state index in [2.05, 4.69) is 10.6 Å². The molecule has 1 heterocycles. The molecule has 1 unspecified atom stereocenters. The number of nitrogens with zero attached hydrogens (tertiary/aromatic N) is 1. The third kappa shape index (κ3) is 5.70. The molecule has 1 saturated carbocycles. The van der Waals surface area contributed by atoms with Crippen LogP contribution in [0.1, 0.15) is 44.1 Å². The molecule has 1 aliphatic heterocycles. The highest BCUT2D eigenvalue weighted by atomic mass is 19.4. The second-order valence-electron chi connectivity index (χ2n) is 8.07. The van der Waals surface area contributed by atoms with Gasteiger partial charge in [0, 0.05) is 19.5 Å². The number of rotatable bonds is 8. The van der Waals surface area contributed by atoms with Crippen molar-refractivity contribution in [2.45, 2.75) is 56.3 Å². The van der Waals surface area contributed by atoms with Gasteiger partial charge >= 0.3 is 12.2 Å². The zero-order valence-electron chi connectivity index (χ0n) is 17.4. The van der Waals surface area contributed by atoms with Gasteiger partial charge in [-0.25, -0.2) is 4.79 Å². The molecule has 1 spiro atoms. The maximum Gasteiger partial charge on any atom is 0.416 e. The molecular formula is C21H26F3N3O5. The van der Waals surface area contributed by atoms with Crippen molar-refractivity contribution in [3.8, 4) is 5.75 Å². The number of imide groups is 1. The Hall–Kier alpha value is -2.82. The van der Waals surface area contributed by atoms with Crippen LogP contribution in [0.5, 0.6) is 5.75 Å². The van der Waals surface area contributed by atoms with Crippen LogP contribution in [0.2, 0.25) is 0 Å². The molecule has 2 aliphatic rings. The van der Waals surface area contributed by atoms with Crippen LogP contribution in [0, 0.1) is 0 Å². The van der Waals surface area contributed by atoms with E-state index in [9.17, 15) is 32.7 Å². The van der Waals surface area contributed by atoms with Gasteiger partial charge in [-0.15, -0.1) is 0 Å². The Kier molecular flexibility index (Phi) is 7.27. The Morgan fingerprint density at radius 3 is 2.47 bits per heavy atom. The molecule has 3 rings (SSSR count). The number of aliphatic hydroxyl groups is 1. The van der Waals surface area contributed by atoms with Crippen molar-refractivity contribution >= 4 is 17.8 Å². The monoisotopic (exact) mass is 457 g/mol. The van der Waals surface area contributed by atoms with Gasteiger partial charge in [0.1, 0.15) is 24.0 Å².